The zero-order chi connectivity index (χ0) is 12.8. The smallest absolute Gasteiger partial charge is 0.00855 e. The van der Waals surface area contributed by atoms with Crippen molar-refractivity contribution in [3.05, 3.63) is 0 Å². The van der Waals surface area contributed by atoms with Crippen LogP contribution in [0.15, 0.2) is 0 Å². The average Bonchev–Trinajstić information content (AvgIpc) is 2.34. The lowest BCUT2D eigenvalue weighted by Crippen LogP contribution is -2.36. The van der Waals surface area contributed by atoms with E-state index < -0.39 is 0 Å². The van der Waals surface area contributed by atoms with Crippen molar-refractivity contribution in [1.29, 1.82) is 0 Å². The molecule has 1 rings (SSSR count). The molecule has 0 aromatic rings. The molecule has 2 heteroatoms. The molecule has 0 heterocycles. The molecule has 0 N–H and O–H groups in total. The number of thioether (sulfide) groups is 1. The van der Waals surface area contributed by atoms with Crippen molar-refractivity contribution < 1.29 is 0 Å². The second-order valence-corrected chi connectivity index (χ2v) is 7.66. The summed E-state index contributed by atoms with van der Waals surface area (Å²) < 4.78 is 0. The van der Waals surface area contributed by atoms with Crippen LogP contribution in [0.3, 0.4) is 0 Å². The van der Waals surface area contributed by atoms with Gasteiger partial charge in [0.05, 0.1) is 0 Å². The molecule has 0 saturated heterocycles. The fourth-order valence-corrected chi connectivity index (χ4v) is 5.10. The van der Waals surface area contributed by atoms with E-state index >= 15 is 0 Å². The molecule has 0 spiro atoms. The van der Waals surface area contributed by atoms with Gasteiger partial charge >= 0.3 is 0 Å². The van der Waals surface area contributed by atoms with Gasteiger partial charge in [0.1, 0.15) is 0 Å². The van der Waals surface area contributed by atoms with Crippen molar-refractivity contribution in [2.75, 3.05) is 6.26 Å². The van der Waals surface area contributed by atoms with E-state index in [1.54, 1.807) is 0 Å². The van der Waals surface area contributed by atoms with Crippen LogP contribution in [-0.4, -0.2) is 16.8 Å². The first-order chi connectivity index (χ1) is 8.10. The fraction of sp³-hybridized carbons (Fsp3) is 1.00. The van der Waals surface area contributed by atoms with E-state index in [1.807, 2.05) is 0 Å². The van der Waals surface area contributed by atoms with Crippen LogP contribution in [0, 0.1) is 17.8 Å². The highest BCUT2D eigenvalue weighted by molar-refractivity contribution is 7.99. The Morgan fingerprint density at radius 1 is 1.24 bits per heavy atom. The van der Waals surface area contributed by atoms with E-state index in [4.69, 9.17) is 12.6 Å². The van der Waals surface area contributed by atoms with Gasteiger partial charge in [0.2, 0.25) is 0 Å². The molecule has 0 aromatic carbocycles. The minimum Gasteiger partial charge on any atom is -0.176 e. The highest BCUT2D eigenvalue weighted by Crippen LogP contribution is 2.41. The van der Waals surface area contributed by atoms with Crippen LogP contribution in [0.5, 0.6) is 0 Å². The van der Waals surface area contributed by atoms with E-state index in [9.17, 15) is 0 Å². The zero-order valence-electron chi connectivity index (χ0n) is 12.0. The van der Waals surface area contributed by atoms with Gasteiger partial charge in [0.15, 0.2) is 0 Å². The maximum absolute atomic E-state index is 4.86. The summed E-state index contributed by atoms with van der Waals surface area (Å²) in [4.78, 5) is 0. The Morgan fingerprint density at radius 3 is 2.53 bits per heavy atom. The first kappa shape index (κ1) is 15.8. The van der Waals surface area contributed by atoms with E-state index in [2.05, 4.69) is 38.8 Å². The quantitative estimate of drug-likeness (QED) is 0.643. The second kappa shape index (κ2) is 7.99. The van der Waals surface area contributed by atoms with Gasteiger partial charge in [-0.3, -0.25) is 0 Å². The Kier molecular flexibility index (Phi) is 7.40. The molecular formula is C15H30S2. The van der Waals surface area contributed by atoms with Crippen LogP contribution in [0.25, 0.3) is 0 Å². The highest BCUT2D eigenvalue weighted by Gasteiger charge is 2.34. The lowest BCUT2D eigenvalue weighted by Gasteiger charge is -2.39. The molecule has 17 heavy (non-hydrogen) atoms. The molecule has 1 aliphatic rings. The number of hydrogen-bond acceptors (Lipinski definition) is 2. The normalized spacial score (nSPS) is 33.4. The SMILES string of the molecule is CCC(C)CC[C@@H](C)C1C(S)CCCC1SC. The molecule has 1 saturated carbocycles. The van der Waals surface area contributed by atoms with Crippen LogP contribution < -0.4 is 0 Å². The third-order valence-corrected chi connectivity index (χ3v) is 6.39. The van der Waals surface area contributed by atoms with Gasteiger partial charge < -0.3 is 0 Å². The second-order valence-electron chi connectivity index (χ2n) is 5.92. The Morgan fingerprint density at radius 2 is 1.94 bits per heavy atom. The van der Waals surface area contributed by atoms with Crippen LogP contribution >= 0.6 is 24.4 Å². The summed E-state index contributed by atoms with van der Waals surface area (Å²) in [5.74, 6) is 2.59. The summed E-state index contributed by atoms with van der Waals surface area (Å²) in [5.41, 5.74) is 0. The van der Waals surface area contributed by atoms with Crippen molar-refractivity contribution >= 4 is 24.4 Å². The van der Waals surface area contributed by atoms with Crippen LogP contribution in [-0.2, 0) is 0 Å². The van der Waals surface area contributed by atoms with Gasteiger partial charge in [-0.15, -0.1) is 0 Å². The maximum Gasteiger partial charge on any atom is 0.00855 e. The number of thiol groups is 1. The van der Waals surface area contributed by atoms with Crippen molar-refractivity contribution in [3.63, 3.8) is 0 Å². The van der Waals surface area contributed by atoms with E-state index in [0.717, 1.165) is 23.0 Å². The largest absolute Gasteiger partial charge is 0.176 e. The van der Waals surface area contributed by atoms with Gasteiger partial charge in [0.25, 0.3) is 0 Å². The van der Waals surface area contributed by atoms with Gasteiger partial charge in [-0.25, -0.2) is 0 Å². The topological polar surface area (TPSA) is 0 Å². The standard InChI is InChI=1S/C15H30S2/c1-5-11(2)9-10-12(3)15-13(16)7-6-8-14(15)17-4/h11-16H,5-10H2,1-4H3/t11?,12-,13?,14?,15?/m1/s1. The van der Waals surface area contributed by atoms with Crippen molar-refractivity contribution in [2.45, 2.75) is 69.8 Å². The van der Waals surface area contributed by atoms with Crippen LogP contribution in [0.2, 0.25) is 0 Å². The predicted octanol–water partition coefficient (Wildman–Crippen LogP) is 5.28. The fourth-order valence-electron chi connectivity index (χ4n) is 3.13. The first-order valence-electron chi connectivity index (χ1n) is 7.31. The maximum atomic E-state index is 4.86. The molecule has 1 fully saturated rings. The molecular weight excluding hydrogens is 244 g/mol. The third-order valence-electron chi connectivity index (χ3n) is 4.63. The van der Waals surface area contributed by atoms with Crippen LogP contribution in [0.4, 0.5) is 0 Å². The molecule has 5 atom stereocenters. The summed E-state index contributed by atoms with van der Waals surface area (Å²) in [6.45, 7) is 7.16. The van der Waals surface area contributed by atoms with E-state index in [-0.39, 0.29) is 0 Å². The summed E-state index contributed by atoms with van der Waals surface area (Å²) in [6.07, 6.45) is 10.5. The van der Waals surface area contributed by atoms with E-state index in [0.29, 0.717) is 5.25 Å². The van der Waals surface area contributed by atoms with Gasteiger partial charge in [-0.05, 0) is 36.9 Å². The van der Waals surface area contributed by atoms with Crippen molar-refractivity contribution in [1.82, 2.24) is 0 Å². The number of hydrogen-bond donors (Lipinski definition) is 1. The summed E-state index contributed by atoms with van der Waals surface area (Å²) in [7, 11) is 0. The van der Waals surface area contributed by atoms with E-state index in [1.165, 1.54) is 38.5 Å². The molecule has 1 aliphatic carbocycles. The lowest BCUT2D eigenvalue weighted by atomic mass is 9.77. The minimum absolute atomic E-state index is 0.646. The first-order valence-corrected chi connectivity index (χ1v) is 9.11. The van der Waals surface area contributed by atoms with Gasteiger partial charge in [0, 0.05) is 10.5 Å². The Bertz CT molecular complexity index is 205. The Labute approximate surface area is 118 Å². The third kappa shape index (κ3) is 4.70. The summed E-state index contributed by atoms with van der Waals surface area (Å²) >= 11 is 6.94. The van der Waals surface area contributed by atoms with Crippen LogP contribution in [0.1, 0.15) is 59.3 Å². The minimum atomic E-state index is 0.646. The number of rotatable bonds is 6. The average molecular weight is 275 g/mol. The monoisotopic (exact) mass is 274 g/mol. The van der Waals surface area contributed by atoms with Gasteiger partial charge in [-0.1, -0.05) is 46.5 Å². The van der Waals surface area contributed by atoms with Crippen molar-refractivity contribution in [3.8, 4) is 0 Å². The molecule has 0 radical (unpaired) electrons. The molecule has 102 valence electrons. The molecule has 0 amide bonds. The zero-order valence-corrected chi connectivity index (χ0v) is 13.7. The molecule has 0 nitrogen and oxygen atoms in total. The molecule has 0 aromatic heterocycles. The molecule has 0 aliphatic heterocycles. The summed E-state index contributed by atoms with van der Waals surface area (Å²) in [5, 5.41) is 1.51. The Hall–Kier alpha value is 0.700. The highest BCUT2D eigenvalue weighted by atomic mass is 32.2. The molecule has 4 unspecified atom stereocenters. The van der Waals surface area contributed by atoms with Crippen molar-refractivity contribution in [2.24, 2.45) is 17.8 Å². The Balaban J connectivity index is 2.48. The lowest BCUT2D eigenvalue weighted by molar-refractivity contribution is 0.257. The predicted molar refractivity (Wildman–Crippen MR) is 85.3 cm³/mol. The molecule has 0 bridgehead atoms. The summed E-state index contributed by atoms with van der Waals surface area (Å²) in [6, 6.07) is 0. The van der Waals surface area contributed by atoms with Gasteiger partial charge in [-0.2, -0.15) is 24.4 Å².